The first kappa shape index (κ1) is 13.6. The van der Waals surface area contributed by atoms with Gasteiger partial charge < -0.3 is 20.5 Å². The van der Waals surface area contributed by atoms with Crippen LogP contribution in [0.2, 0.25) is 0 Å². The number of methoxy groups -OCH3 is 1. The number of hydrogen-bond donors (Lipinski definition) is 2. The van der Waals surface area contributed by atoms with Gasteiger partial charge in [-0.25, -0.2) is 0 Å². The van der Waals surface area contributed by atoms with Crippen LogP contribution in [0.5, 0.6) is 11.5 Å². The molecule has 1 aliphatic heterocycles. The summed E-state index contributed by atoms with van der Waals surface area (Å²) in [6, 6.07) is 14.1. The number of hydrogen-bond acceptors (Lipinski definition) is 4. The summed E-state index contributed by atoms with van der Waals surface area (Å²) in [5, 5.41) is 3.52. The summed E-state index contributed by atoms with van der Waals surface area (Å²) >= 11 is 0. The molecule has 0 radical (unpaired) electrons. The summed E-state index contributed by atoms with van der Waals surface area (Å²) in [7, 11) is 1.63. The molecule has 1 aliphatic rings. The summed E-state index contributed by atoms with van der Waals surface area (Å²) in [6.07, 6.45) is 2.13. The van der Waals surface area contributed by atoms with E-state index in [-0.39, 0.29) is 0 Å². The fourth-order valence-corrected chi connectivity index (χ4v) is 2.62. The van der Waals surface area contributed by atoms with Crippen molar-refractivity contribution in [3.05, 3.63) is 48.0 Å². The molecule has 1 unspecified atom stereocenters. The van der Waals surface area contributed by atoms with Crippen LogP contribution in [0.3, 0.4) is 0 Å². The molecule has 0 fully saturated rings. The molecule has 0 saturated heterocycles. The molecule has 0 saturated carbocycles. The number of benzene rings is 2. The van der Waals surface area contributed by atoms with E-state index in [1.165, 1.54) is 11.3 Å². The summed E-state index contributed by atoms with van der Waals surface area (Å²) in [4.78, 5) is 0. The number of para-hydroxylation sites is 1. The van der Waals surface area contributed by atoms with Gasteiger partial charge >= 0.3 is 0 Å². The zero-order valence-electron chi connectivity index (χ0n) is 12.1. The van der Waals surface area contributed by atoms with Crippen LogP contribution in [0.25, 0.3) is 0 Å². The van der Waals surface area contributed by atoms with Crippen molar-refractivity contribution in [3.63, 3.8) is 0 Å². The third-order valence-electron chi connectivity index (χ3n) is 3.77. The van der Waals surface area contributed by atoms with Crippen LogP contribution in [-0.4, -0.2) is 19.8 Å². The fourth-order valence-electron chi connectivity index (χ4n) is 2.62. The molecule has 0 bridgehead atoms. The predicted molar refractivity (Wildman–Crippen MR) is 85.1 cm³/mol. The molecule has 110 valence electrons. The second-order valence-electron chi connectivity index (χ2n) is 5.26. The zero-order valence-corrected chi connectivity index (χ0v) is 12.1. The van der Waals surface area contributed by atoms with Gasteiger partial charge in [0.2, 0.25) is 0 Å². The topological polar surface area (TPSA) is 56.5 Å². The monoisotopic (exact) mass is 284 g/mol. The van der Waals surface area contributed by atoms with E-state index in [0.29, 0.717) is 29.8 Å². The summed E-state index contributed by atoms with van der Waals surface area (Å²) in [6.45, 7) is 0.591. The van der Waals surface area contributed by atoms with Crippen LogP contribution in [0.4, 0.5) is 11.4 Å². The van der Waals surface area contributed by atoms with Crippen LogP contribution in [-0.2, 0) is 6.42 Å². The molecule has 0 aliphatic carbocycles. The van der Waals surface area contributed by atoms with Gasteiger partial charge in [-0.3, -0.25) is 0 Å². The Morgan fingerprint density at radius 3 is 2.90 bits per heavy atom. The Kier molecular flexibility index (Phi) is 3.86. The summed E-state index contributed by atoms with van der Waals surface area (Å²) < 4.78 is 11.2. The highest BCUT2D eigenvalue weighted by Gasteiger charge is 2.18. The quantitative estimate of drug-likeness (QED) is 0.847. The third-order valence-corrected chi connectivity index (χ3v) is 3.77. The van der Waals surface area contributed by atoms with Gasteiger partial charge in [-0.2, -0.15) is 0 Å². The van der Waals surface area contributed by atoms with Crippen LogP contribution in [0.1, 0.15) is 12.0 Å². The lowest BCUT2D eigenvalue weighted by Crippen LogP contribution is -2.31. The number of anilines is 2. The van der Waals surface area contributed by atoms with Crippen molar-refractivity contribution in [1.29, 1.82) is 0 Å². The van der Waals surface area contributed by atoms with Crippen molar-refractivity contribution >= 4 is 11.4 Å². The van der Waals surface area contributed by atoms with Gasteiger partial charge in [0.05, 0.1) is 13.2 Å². The molecule has 3 N–H and O–H groups in total. The smallest absolute Gasteiger partial charge is 0.163 e. The molecular formula is C17H20N2O2. The lowest BCUT2D eigenvalue weighted by Gasteiger charge is -2.27. The number of rotatable bonds is 4. The molecule has 21 heavy (non-hydrogen) atoms. The van der Waals surface area contributed by atoms with E-state index < -0.39 is 0 Å². The van der Waals surface area contributed by atoms with Gasteiger partial charge in [0, 0.05) is 17.4 Å². The second-order valence-corrected chi connectivity index (χ2v) is 5.26. The first-order valence-corrected chi connectivity index (χ1v) is 7.17. The third kappa shape index (κ3) is 3.05. The Bertz CT molecular complexity index is 628. The minimum atomic E-state index is 0.297. The highest BCUT2D eigenvalue weighted by Crippen LogP contribution is 2.30. The number of nitrogens with two attached hydrogens (primary N) is 1. The Labute approximate surface area is 124 Å². The molecule has 0 amide bonds. The highest BCUT2D eigenvalue weighted by atomic mass is 16.5. The SMILES string of the molecule is COc1ccc(N)cc1OCC1CCc2ccccc2N1. The molecule has 1 atom stereocenters. The van der Waals surface area contributed by atoms with Gasteiger partial charge in [-0.1, -0.05) is 18.2 Å². The maximum absolute atomic E-state index is 5.90. The maximum atomic E-state index is 5.90. The van der Waals surface area contributed by atoms with Crippen molar-refractivity contribution in [2.75, 3.05) is 24.8 Å². The summed E-state index contributed by atoms with van der Waals surface area (Å²) in [5.74, 6) is 1.40. The van der Waals surface area contributed by atoms with Crippen molar-refractivity contribution in [1.82, 2.24) is 0 Å². The average Bonchev–Trinajstić information content (AvgIpc) is 2.53. The largest absolute Gasteiger partial charge is 0.493 e. The minimum Gasteiger partial charge on any atom is -0.493 e. The number of fused-ring (bicyclic) bond motifs is 1. The average molecular weight is 284 g/mol. The molecule has 2 aromatic rings. The van der Waals surface area contributed by atoms with E-state index >= 15 is 0 Å². The van der Waals surface area contributed by atoms with Gasteiger partial charge in [-0.15, -0.1) is 0 Å². The Balaban J connectivity index is 1.65. The standard InChI is InChI=1S/C17H20N2O2/c1-20-16-9-7-13(18)10-17(16)21-11-14-8-6-12-4-2-3-5-15(12)19-14/h2-5,7,9-10,14,19H,6,8,11,18H2,1H3. The van der Waals surface area contributed by atoms with Crippen LogP contribution in [0.15, 0.2) is 42.5 Å². The van der Waals surface area contributed by atoms with Gasteiger partial charge in [0.1, 0.15) is 6.61 Å². The van der Waals surface area contributed by atoms with Crippen LogP contribution in [0, 0.1) is 0 Å². The lowest BCUT2D eigenvalue weighted by atomic mass is 9.99. The first-order valence-electron chi connectivity index (χ1n) is 7.17. The van der Waals surface area contributed by atoms with Crippen molar-refractivity contribution < 1.29 is 9.47 Å². The van der Waals surface area contributed by atoms with E-state index in [0.717, 1.165) is 12.8 Å². The predicted octanol–water partition coefficient (Wildman–Crippen LogP) is 3.08. The van der Waals surface area contributed by atoms with Crippen LogP contribution < -0.4 is 20.5 Å². The number of ether oxygens (including phenoxy) is 2. The minimum absolute atomic E-state index is 0.297. The number of aryl methyl sites for hydroxylation is 1. The van der Waals surface area contributed by atoms with E-state index in [1.807, 2.05) is 6.07 Å². The van der Waals surface area contributed by atoms with Crippen molar-refractivity contribution in [2.45, 2.75) is 18.9 Å². The molecule has 4 nitrogen and oxygen atoms in total. The van der Waals surface area contributed by atoms with Crippen LogP contribution >= 0.6 is 0 Å². The van der Waals surface area contributed by atoms with E-state index in [1.54, 1.807) is 19.2 Å². The molecule has 3 rings (SSSR count). The molecule has 0 spiro atoms. The van der Waals surface area contributed by atoms with Crippen molar-refractivity contribution in [3.8, 4) is 11.5 Å². The first-order chi connectivity index (χ1) is 10.3. The van der Waals surface area contributed by atoms with Gasteiger partial charge in [-0.05, 0) is 36.6 Å². The van der Waals surface area contributed by atoms with Crippen molar-refractivity contribution in [2.24, 2.45) is 0 Å². The Morgan fingerprint density at radius 2 is 2.05 bits per heavy atom. The second kappa shape index (κ2) is 5.95. The van der Waals surface area contributed by atoms with E-state index in [4.69, 9.17) is 15.2 Å². The molecule has 0 aromatic heterocycles. The Hall–Kier alpha value is -2.36. The van der Waals surface area contributed by atoms with E-state index in [2.05, 4.69) is 29.6 Å². The summed E-state index contributed by atoms with van der Waals surface area (Å²) in [5.41, 5.74) is 9.05. The van der Waals surface area contributed by atoms with E-state index in [9.17, 15) is 0 Å². The Morgan fingerprint density at radius 1 is 1.19 bits per heavy atom. The fraction of sp³-hybridized carbons (Fsp3) is 0.294. The number of nitrogen functional groups attached to an aromatic ring is 1. The molecule has 1 heterocycles. The molecule has 2 aromatic carbocycles. The normalized spacial score (nSPS) is 16.7. The number of nitrogens with one attached hydrogen (secondary N) is 1. The van der Waals surface area contributed by atoms with Gasteiger partial charge in [0.25, 0.3) is 0 Å². The zero-order chi connectivity index (χ0) is 14.7. The maximum Gasteiger partial charge on any atom is 0.163 e. The highest BCUT2D eigenvalue weighted by molar-refractivity contribution is 5.54. The van der Waals surface area contributed by atoms with Gasteiger partial charge in [0.15, 0.2) is 11.5 Å². The molecular weight excluding hydrogens is 264 g/mol. The molecule has 4 heteroatoms. The lowest BCUT2D eigenvalue weighted by molar-refractivity contribution is 0.272.